The molecule has 0 spiro atoms. The number of ether oxygens (including phenoxy) is 1. The summed E-state index contributed by atoms with van der Waals surface area (Å²) >= 11 is 2.53. The van der Waals surface area contributed by atoms with Gasteiger partial charge in [-0.1, -0.05) is 34.1 Å². The lowest BCUT2D eigenvalue weighted by Crippen LogP contribution is -2.28. The molecule has 0 radical (unpaired) electrons. The molecule has 0 N–H and O–H groups in total. The summed E-state index contributed by atoms with van der Waals surface area (Å²) in [6.07, 6.45) is -4.28. The summed E-state index contributed by atoms with van der Waals surface area (Å²) < 4.78 is 41.4. The zero-order valence-corrected chi connectivity index (χ0v) is 9.60. The number of hydrogen-bond acceptors (Lipinski definition) is 1. The first-order valence-corrected chi connectivity index (χ1v) is 5.22. The topological polar surface area (TPSA) is 9.23 Å². The molecule has 0 fully saturated rings. The van der Waals surface area contributed by atoms with Crippen molar-refractivity contribution in [2.45, 2.75) is 17.9 Å². The van der Waals surface area contributed by atoms with Gasteiger partial charge < -0.3 is 4.74 Å². The first kappa shape index (κ1) is 12.4. The van der Waals surface area contributed by atoms with Crippen LogP contribution in [0.15, 0.2) is 24.3 Å². The summed E-state index contributed by atoms with van der Waals surface area (Å²) in [4.78, 5) is -1.63. The molecule has 0 aliphatic heterocycles. The Morgan fingerprint density at radius 2 is 1.93 bits per heavy atom. The number of para-hydroxylation sites is 1. The minimum absolute atomic E-state index is 0.422. The van der Waals surface area contributed by atoms with E-state index in [0.717, 1.165) is 5.56 Å². The molecule has 1 atom stereocenters. The third-order valence-corrected chi connectivity index (χ3v) is 2.62. The molecule has 1 aromatic rings. The number of halogens is 4. The van der Waals surface area contributed by atoms with Crippen LogP contribution in [0.2, 0.25) is 0 Å². The molecule has 0 bridgehead atoms. The Bertz CT molecular complexity index is 325. The van der Waals surface area contributed by atoms with E-state index in [2.05, 4.69) is 15.9 Å². The lowest BCUT2D eigenvalue weighted by molar-refractivity contribution is -0.132. The monoisotopic (exact) mass is 282 g/mol. The van der Waals surface area contributed by atoms with Crippen LogP contribution in [0, 0.1) is 6.92 Å². The second-order valence-electron chi connectivity index (χ2n) is 3.09. The molecule has 0 amide bonds. The van der Waals surface area contributed by atoms with Crippen LogP contribution in [0.3, 0.4) is 0 Å². The Kier molecular flexibility index (Phi) is 4.02. The number of hydrogen-bond donors (Lipinski definition) is 0. The maximum Gasteiger partial charge on any atom is 0.404 e. The predicted molar refractivity (Wildman–Crippen MR) is 55.4 cm³/mol. The molecule has 0 aromatic heterocycles. The average Bonchev–Trinajstić information content (AvgIpc) is 2.14. The summed E-state index contributed by atoms with van der Waals surface area (Å²) in [5.41, 5.74) is 0.819. The number of rotatable bonds is 3. The average molecular weight is 283 g/mol. The van der Waals surface area contributed by atoms with Crippen LogP contribution in [-0.2, 0) is 0 Å². The van der Waals surface area contributed by atoms with Crippen molar-refractivity contribution in [1.29, 1.82) is 0 Å². The second kappa shape index (κ2) is 4.88. The molecule has 15 heavy (non-hydrogen) atoms. The van der Waals surface area contributed by atoms with E-state index in [1.54, 1.807) is 31.2 Å². The lowest BCUT2D eigenvalue weighted by Gasteiger charge is -2.15. The molecule has 0 saturated heterocycles. The van der Waals surface area contributed by atoms with Crippen LogP contribution in [0.25, 0.3) is 0 Å². The van der Waals surface area contributed by atoms with E-state index < -0.39 is 17.6 Å². The Balaban J connectivity index is 2.55. The van der Waals surface area contributed by atoms with Gasteiger partial charge in [0.15, 0.2) is 0 Å². The summed E-state index contributed by atoms with van der Waals surface area (Å²) in [7, 11) is 0. The Labute approximate surface area is 94.4 Å². The molecule has 5 heteroatoms. The second-order valence-corrected chi connectivity index (χ2v) is 4.19. The van der Waals surface area contributed by atoms with Gasteiger partial charge >= 0.3 is 6.18 Å². The number of aryl methyl sites for hydroxylation is 1. The van der Waals surface area contributed by atoms with Gasteiger partial charge in [-0.05, 0) is 18.6 Å². The standard InChI is InChI=1S/C10H10BrF3O/c1-7-4-2-3-5-8(7)15-6-9(11)10(12,13)14/h2-5,9H,6H2,1H3. The fraction of sp³-hybridized carbons (Fsp3) is 0.400. The highest BCUT2D eigenvalue weighted by molar-refractivity contribution is 9.09. The quantitative estimate of drug-likeness (QED) is 0.768. The minimum Gasteiger partial charge on any atom is -0.492 e. The SMILES string of the molecule is Cc1ccccc1OCC(Br)C(F)(F)F. The van der Waals surface area contributed by atoms with E-state index in [-0.39, 0.29) is 0 Å². The highest BCUT2D eigenvalue weighted by Crippen LogP contribution is 2.27. The largest absolute Gasteiger partial charge is 0.492 e. The highest BCUT2D eigenvalue weighted by Gasteiger charge is 2.38. The maximum atomic E-state index is 12.1. The van der Waals surface area contributed by atoms with Crippen molar-refractivity contribution in [3.63, 3.8) is 0 Å². The zero-order chi connectivity index (χ0) is 11.5. The van der Waals surface area contributed by atoms with Gasteiger partial charge in [0.1, 0.15) is 17.2 Å². The van der Waals surface area contributed by atoms with Crippen molar-refractivity contribution >= 4 is 15.9 Å². The van der Waals surface area contributed by atoms with Gasteiger partial charge in [-0.3, -0.25) is 0 Å². The summed E-state index contributed by atoms with van der Waals surface area (Å²) in [6, 6.07) is 6.95. The van der Waals surface area contributed by atoms with Crippen LogP contribution in [0.1, 0.15) is 5.56 Å². The van der Waals surface area contributed by atoms with Crippen molar-refractivity contribution in [2.75, 3.05) is 6.61 Å². The number of alkyl halides is 4. The van der Waals surface area contributed by atoms with Crippen molar-refractivity contribution in [3.8, 4) is 5.75 Å². The Morgan fingerprint density at radius 3 is 2.47 bits per heavy atom. The van der Waals surface area contributed by atoms with E-state index in [1.165, 1.54) is 0 Å². The van der Waals surface area contributed by atoms with Crippen LogP contribution in [0.5, 0.6) is 5.75 Å². The van der Waals surface area contributed by atoms with Gasteiger partial charge in [0, 0.05) is 0 Å². The van der Waals surface area contributed by atoms with Gasteiger partial charge in [-0.15, -0.1) is 0 Å². The third kappa shape index (κ3) is 3.74. The molecule has 1 unspecified atom stereocenters. The zero-order valence-electron chi connectivity index (χ0n) is 8.01. The normalized spacial score (nSPS) is 13.7. The molecule has 1 rings (SSSR count). The molecule has 1 aromatic carbocycles. The molecular formula is C10H10BrF3O. The molecule has 0 heterocycles. The van der Waals surface area contributed by atoms with Crippen LogP contribution in [-0.4, -0.2) is 17.6 Å². The van der Waals surface area contributed by atoms with Crippen molar-refractivity contribution in [3.05, 3.63) is 29.8 Å². The van der Waals surface area contributed by atoms with E-state index in [4.69, 9.17) is 4.74 Å². The van der Waals surface area contributed by atoms with Crippen molar-refractivity contribution < 1.29 is 17.9 Å². The van der Waals surface area contributed by atoms with Gasteiger partial charge in [0.25, 0.3) is 0 Å². The van der Waals surface area contributed by atoms with Crippen molar-refractivity contribution in [1.82, 2.24) is 0 Å². The van der Waals surface area contributed by atoms with Gasteiger partial charge in [-0.2, -0.15) is 13.2 Å². The minimum atomic E-state index is -4.28. The molecule has 0 aliphatic rings. The number of benzene rings is 1. The summed E-state index contributed by atoms with van der Waals surface area (Å²) in [5, 5.41) is 0. The molecule has 84 valence electrons. The lowest BCUT2D eigenvalue weighted by atomic mass is 10.2. The fourth-order valence-corrected chi connectivity index (χ4v) is 1.11. The predicted octanol–water partition coefficient (Wildman–Crippen LogP) is 3.70. The molecule has 0 saturated carbocycles. The Morgan fingerprint density at radius 1 is 1.33 bits per heavy atom. The van der Waals surface area contributed by atoms with E-state index in [9.17, 15) is 13.2 Å². The molecule has 1 nitrogen and oxygen atoms in total. The van der Waals surface area contributed by atoms with E-state index >= 15 is 0 Å². The van der Waals surface area contributed by atoms with Crippen molar-refractivity contribution in [2.24, 2.45) is 0 Å². The van der Waals surface area contributed by atoms with Crippen LogP contribution < -0.4 is 4.74 Å². The summed E-state index contributed by atoms with van der Waals surface area (Å²) in [6.45, 7) is 1.36. The first-order valence-electron chi connectivity index (χ1n) is 4.30. The van der Waals surface area contributed by atoms with Crippen LogP contribution in [0.4, 0.5) is 13.2 Å². The third-order valence-electron chi connectivity index (χ3n) is 1.83. The summed E-state index contributed by atoms with van der Waals surface area (Å²) in [5.74, 6) is 0.478. The molecule has 0 aliphatic carbocycles. The van der Waals surface area contributed by atoms with Crippen LogP contribution >= 0.6 is 15.9 Å². The smallest absolute Gasteiger partial charge is 0.404 e. The van der Waals surface area contributed by atoms with Gasteiger partial charge in [0.2, 0.25) is 0 Å². The van der Waals surface area contributed by atoms with E-state index in [0.29, 0.717) is 5.75 Å². The van der Waals surface area contributed by atoms with E-state index in [1.807, 2.05) is 0 Å². The molecular weight excluding hydrogens is 273 g/mol. The maximum absolute atomic E-state index is 12.1. The van der Waals surface area contributed by atoms with Gasteiger partial charge in [-0.25, -0.2) is 0 Å². The highest BCUT2D eigenvalue weighted by atomic mass is 79.9. The first-order chi connectivity index (χ1) is 6.91. The van der Waals surface area contributed by atoms with Gasteiger partial charge in [0.05, 0.1) is 0 Å². The Hall–Kier alpha value is -0.710. The fourth-order valence-electron chi connectivity index (χ4n) is 0.976.